The van der Waals surface area contributed by atoms with Crippen molar-refractivity contribution in [2.24, 2.45) is 0 Å². The van der Waals surface area contributed by atoms with Crippen LogP contribution in [0.5, 0.6) is 0 Å². The highest BCUT2D eigenvalue weighted by atomic mass is 16.9. The molecule has 2 aromatic rings. The van der Waals surface area contributed by atoms with Gasteiger partial charge in [0.05, 0.1) is 5.69 Å². The minimum Gasteiger partial charge on any atom is -0.723 e. The van der Waals surface area contributed by atoms with Crippen molar-refractivity contribution in [3.05, 3.63) is 59.8 Å². The van der Waals surface area contributed by atoms with E-state index < -0.39 is 0 Å². The summed E-state index contributed by atoms with van der Waals surface area (Å²) in [5, 5.41) is 11.5. The molecule has 0 aliphatic heterocycles. The first-order chi connectivity index (χ1) is 8.31. The van der Waals surface area contributed by atoms with E-state index in [1.165, 1.54) is 0 Å². The molecule has 84 valence electrons. The van der Waals surface area contributed by atoms with E-state index in [0.29, 0.717) is 10.9 Å². The molecule has 3 nitrogen and oxygen atoms in total. The molecule has 0 spiro atoms. The first-order valence-electron chi connectivity index (χ1n) is 5.06. The van der Waals surface area contributed by atoms with Gasteiger partial charge in [0, 0.05) is 0 Å². The van der Waals surface area contributed by atoms with Crippen LogP contribution in [0.3, 0.4) is 0 Å². The maximum Gasteiger partial charge on any atom is 0.141 e. The molecule has 0 aliphatic rings. The van der Waals surface area contributed by atoms with Crippen molar-refractivity contribution in [2.75, 3.05) is 5.23 Å². The fourth-order valence-corrected chi connectivity index (χ4v) is 1.51. The summed E-state index contributed by atoms with van der Waals surface area (Å²) in [6.45, 7) is 0. The van der Waals surface area contributed by atoms with E-state index in [-0.39, 0.29) is 0 Å². The van der Waals surface area contributed by atoms with Crippen LogP contribution in [0, 0.1) is 17.7 Å². The highest BCUT2D eigenvalue weighted by Crippen LogP contribution is 2.22. The third-order valence-electron chi connectivity index (χ3n) is 2.32. The molecule has 17 heavy (non-hydrogen) atoms. The Balaban J connectivity index is 2.22. The molecule has 0 N–H and O–H groups in total. The highest BCUT2D eigenvalue weighted by molar-refractivity contribution is 5.66. The first-order valence-corrected chi connectivity index (χ1v) is 5.06. The van der Waals surface area contributed by atoms with Gasteiger partial charge in [-0.15, -0.1) is 0 Å². The Morgan fingerprint density at radius 3 is 2.12 bits per heavy atom. The third kappa shape index (κ3) is 2.57. The summed E-state index contributed by atoms with van der Waals surface area (Å²) in [7, 11) is 0. The molecule has 0 saturated heterocycles. The largest absolute Gasteiger partial charge is 0.723 e. The van der Waals surface area contributed by atoms with Gasteiger partial charge in [-0.25, -0.2) is 0 Å². The second-order valence-electron chi connectivity index (χ2n) is 3.38. The number of hydrogen-bond donors (Lipinski definition) is 0. The monoisotopic (exact) mass is 224 g/mol. The fourth-order valence-electron chi connectivity index (χ4n) is 1.51. The summed E-state index contributed by atoms with van der Waals surface area (Å²) < 4.78 is 0. The minimum absolute atomic E-state index is 0.300. The second kappa shape index (κ2) is 5.06. The molecule has 0 saturated carbocycles. The van der Waals surface area contributed by atoms with E-state index >= 15 is 0 Å². The van der Waals surface area contributed by atoms with Crippen LogP contribution in [0.4, 0.5) is 5.69 Å². The summed E-state index contributed by atoms with van der Waals surface area (Å²) in [5.74, 6) is 0. The summed E-state index contributed by atoms with van der Waals surface area (Å²) in [6.07, 6.45) is 6.70. The Morgan fingerprint density at radius 2 is 1.53 bits per heavy atom. The van der Waals surface area contributed by atoms with E-state index in [1.54, 1.807) is 12.1 Å². The predicted octanol–water partition coefficient (Wildman–Crippen LogP) is 3.18. The van der Waals surface area contributed by atoms with E-state index in [1.807, 2.05) is 48.6 Å². The molecule has 0 radical (unpaired) electrons. The van der Waals surface area contributed by atoms with Gasteiger partial charge in [0.2, 0.25) is 0 Å². The Labute approximate surface area is 99.8 Å². The standard InChI is InChI=1S/C14H10NO2/c1-2-17-15(16)14-10-8-13(9-11-14)12-6-4-3-5-7-12/h1,3-11H/q-1. The van der Waals surface area contributed by atoms with Crippen LogP contribution < -0.4 is 5.23 Å². The fraction of sp³-hybridized carbons (Fsp3) is 0. The van der Waals surface area contributed by atoms with E-state index in [4.69, 9.17) is 6.42 Å². The molecular weight excluding hydrogens is 214 g/mol. The van der Waals surface area contributed by atoms with Gasteiger partial charge in [0.25, 0.3) is 0 Å². The number of anilines is 1. The zero-order valence-corrected chi connectivity index (χ0v) is 9.04. The number of hydrogen-bond acceptors (Lipinski definition) is 3. The van der Waals surface area contributed by atoms with Gasteiger partial charge < -0.3 is 10.0 Å². The lowest BCUT2D eigenvalue weighted by Gasteiger charge is -2.25. The lowest BCUT2D eigenvalue weighted by molar-refractivity contribution is 0.279. The summed E-state index contributed by atoms with van der Waals surface area (Å²) >= 11 is 0. The maximum atomic E-state index is 11.2. The van der Waals surface area contributed by atoms with Crippen LogP contribution >= 0.6 is 0 Å². The zero-order valence-electron chi connectivity index (χ0n) is 9.04. The van der Waals surface area contributed by atoms with E-state index in [2.05, 4.69) is 4.84 Å². The van der Waals surface area contributed by atoms with Crippen molar-refractivity contribution in [2.45, 2.75) is 0 Å². The van der Waals surface area contributed by atoms with Crippen molar-refractivity contribution in [3.8, 4) is 23.7 Å². The van der Waals surface area contributed by atoms with Crippen molar-refractivity contribution < 1.29 is 4.84 Å². The van der Waals surface area contributed by atoms with Gasteiger partial charge in [-0.05, 0) is 23.3 Å². The topological polar surface area (TPSA) is 35.5 Å². The SMILES string of the molecule is C#CON([O-])c1ccc(-c2ccccc2)cc1. The van der Waals surface area contributed by atoms with Crippen LogP contribution in [-0.4, -0.2) is 0 Å². The van der Waals surface area contributed by atoms with Gasteiger partial charge >= 0.3 is 0 Å². The van der Waals surface area contributed by atoms with Crippen LogP contribution in [0.15, 0.2) is 54.6 Å². The molecule has 2 aromatic carbocycles. The van der Waals surface area contributed by atoms with Crippen LogP contribution in [0.25, 0.3) is 11.1 Å². The summed E-state index contributed by atoms with van der Waals surface area (Å²) in [4.78, 5) is 4.38. The summed E-state index contributed by atoms with van der Waals surface area (Å²) in [5.41, 5.74) is 2.49. The van der Waals surface area contributed by atoms with E-state index in [9.17, 15) is 5.21 Å². The van der Waals surface area contributed by atoms with E-state index in [0.717, 1.165) is 11.1 Å². The quantitative estimate of drug-likeness (QED) is 0.593. The van der Waals surface area contributed by atoms with Gasteiger partial charge in [-0.1, -0.05) is 48.9 Å². The Hall–Kier alpha value is -2.44. The molecule has 0 atom stereocenters. The molecule has 0 bridgehead atoms. The predicted molar refractivity (Wildman–Crippen MR) is 67.6 cm³/mol. The van der Waals surface area contributed by atoms with Crippen LogP contribution in [-0.2, 0) is 4.84 Å². The lowest BCUT2D eigenvalue weighted by Crippen LogP contribution is -2.11. The van der Waals surface area contributed by atoms with Crippen LogP contribution in [0.2, 0.25) is 0 Å². The smallest absolute Gasteiger partial charge is 0.141 e. The average molecular weight is 224 g/mol. The van der Waals surface area contributed by atoms with Crippen molar-refractivity contribution in [1.29, 1.82) is 0 Å². The second-order valence-corrected chi connectivity index (χ2v) is 3.38. The lowest BCUT2D eigenvalue weighted by atomic mass is 10.1. The normalized spacial score (nSPS) is 9.41. The molecule has 0 fully saturated rings. The molecule has 0 aliphatic carbocycles. The van der Waals surface area contributed by atoms with Gasteiger partial charge in [-0.2, -0.15) is 0 Å². The zero-order chi connectivity index (χ0) is 12.1. The first kappa shape index (κ1) is 11.1. The van der Waals surface area contributed by atoms with Crippen LogP contribution in [0.1, 0.15) is 0 Å². The molecule has 3 heteroatoms. The maximum absolute atomic E-state index is 11.2. The summed E-state index contributed by atoms with van der Waals surface area (Å²) in [6, 6.07) is 16.9. The Morgan fingerprint density at radius 1 is 0.941 bits per heavy atom. The van der Waals surface area contributed by atoms with Gasteiger partial charge in [0.1, 0.15) is 6.11 Å². The molecular formula is C14H10NO2-. The number of rotatable bonds is 3. The highest BCUT2D eigenvalue weighted by Gasteiger charge is 1.98. The number of benzene rings is 2. The third-order valence-corrected chi connectivity index (χ3v) is 2.32. The van der Waals surface area contributed by atoms with Gasteiger partial charge in [0.15, 0.2) is 0 Å². The van der Waals surface area contributed by atoms with Crippen molar-refractivity contribution in [3.63, 3.8) is 0 Å². The Bertz CT molecular complexity index is 514. The molecule has 0 heterocycles. The minimum atomic E-state index is 0.300. The van der Waals surface area contributed by atoms with Crippen molar-refractivity contribution in [1.82, 2.24) is 0 Å². The molecule has 2 rings (SSSR count). The van der Waals surface area contributed by atoms with Gasteiger partial charge in [-0.3, -0.25) is 5.23 Å². The average Bonchev–Trinajstić information content (AvgIpc) is 2.40. The molecule has 0 unspecified atom stereocenters. The Kier molecular flexibility index (Phi) is 3.29. The number of terminal acetylenes is 1. The van der Waals surface area contributed by atoms with Crippen molar-refractivity contribution >= 4 is 5.69 Å². The molecule has 0 aromatic heterocycles. The number of nitrogens with zero attached hydrogens (tertiary/aromatic N) is 1. The molecule has 0 amide bonds.